The molecule has 26 heavy (non-hydrogen) atoms. The highest BCUT2D eigenvalue weighted by molar-refractivity contribution is 6.34. The molecule has 0 spiro atoms. The summed E-state index contributed by atoms with van der Waals surface area (Å²) in [5.41, 5.74) is 0.906. The van der Waals surface area contributed by atoms with Gasteiger partial charge in [0.25, 0.3) is 11.6 Å². The summed E-state index contributed by atoms with van der Waals surface area (Å²) in [7, 11) is 0. The van der Waals surface area contributed by atoms with E-state index in [1.54, 1.807) is 6.20 Å². The Morgan fingerprint density at radius 3 is 2.81 bits per heavy atom. The summed E-state index contributed by atoms with van der Waals surface area (Å²) in [4.78, 5) is 29.1. The Hall–Kier alpha value is -2.71. The molecule has 1 N–H and O–H groups in total. The molecule has 8 nitrogen and oxygen atoms in total. The van der Waals surface area contributed by atoms with E-state index in [0.717, 1.165) is 24.5 Å². The number of nitrogens with zero attached hydrogens (tertiary/aromatic N) is 3. The van der Waals surface area contributed by atoms with Gasteiger partial charge in [-0.2, -0.15) is 0 Å². The smallest absolute Gasteiger partial charge is 0.270 e. The molecule has 0 atom stereocenters. The van der Waals surface area contributed by atoms with Crippen molar-refractivity contribution < 1.29 is 14.5 Å². The van der Waals surface area contributed by atoms with E-state index in [2.05, 4.69) is 15.2 Å². The Morgan fingerprint density at radius 2 is 2.12 bits per heavy atom. The minimum atomic E-state index is -0.558. The average Bonchev–Trinajstić information content (AvgIpc) is 2.67. The highest BCUT2D eigenvalue weighted by Crippen LogP contribution is 2.23. The number of ether oxygens (including phenoxy) is 1. The zero-order chi connectivity index (χ0) is 18.5. The van der Waals surface area contributed by atoms with Crippen LogP contribution in [0.1, 0.15) is 15.9 Å². The standard InChI is InChI=1S/C17H17ClN4O4/c18-15-10-13(22(24)25)3-4-14(15)17(23)20-11-12-2-1-5-19-16(12)21-6-8-26-9-7-21/h1-5,10H,6-9,11H2,(H,20,23). The number of nitrogens with one attached hydrogen (secondary N) is 1. The number of halogens is 1. The van der Waals surface area contributed by atoms with Crippen molar-refractivity contribution in [2.45, 2.75) is 6.54 Å². The third kappa shape index (κ3) is 4.09. The molecule has 2 aromatic rings. The molecule has 0 radical (unpaired) electrons. The fourth-order valence-corrected chi connectivity index (χ4v) is 2.96. The van der Waals surface area contributed by atoms with Crippen LogP contribution < -0.4 is 10.2 Å². The van der Waals surface area contributed by atoms with Crippen LogP contribution >= 0.6 is 11.6 Å². The molecule has 0 unspecified atom stereocenters. The maximum atomic E-state index is 12.4. The lowest BCUT2D eigenvalue weighted by molar-refractivity contribution is -0.384. The van der Waals surface area contributed by atoms with Crippen molar-refractivity contribution in [1.29, 1.82) is 0 Å². The second-order valence-corrected chi connectivity index (χ2v) is 6.10. The molecule has 3 rings (SSSR count). The van der Waals surface area contributed by atoms with E-state index in [-0.39, 0.29) is 22.8 Å². The van der Waals surface area contributed by atoms with E-state index >= 15 is 0 Å². The molecule has 1 aliphatic heterocycles. The maximum Gasteiger partial charge on any atom is 0.270 e. The van der Waals surface area contributed by atoms with Gasteiger partial charge in [0.05, 0.1) is 28.7 Å². The molecule has 136 valence electrons. The van der Waals surface area contributed by atoms with Crippen LogP contribution in [0.3, 0.4) is 0 Å². The van der Waals surface area contributed by atoms with Crippen LogP contribution in [-0.2, 0) is 11.3 Å². The number of carbonyl (C=O) groups is 1. The fourth-order valence-electron chi connectivity index (χ4n) is 2.70. The van der Waals surface area contributed by atoms with Gasteiger partial charge >= 0.3 is 0 Å². The molecule has 1 aliphatic rings. The second kappa shape index (κ2) is 8.11. The summed E-state index contributed by atoms with van der Waals surface area (Å²) in [5, 5.41) is 13.6. The number of benzene rings is 1. The van der Waals surface area contributed by atoms with Gasteiger partial charge in [-0.15, -0.1) is 0 Å². The van der Waals surface area contributed by atoms with E-state index < -0.39 is 10.8 Å². The number of non-ortho nitro benzene ring substituents is 1. The van der Waals surface area contributed by atoms with Gasteiger partial charge in [0.2, 0.25) is 0 Å². The molecule has 1 aromatic carbocycles. The summed E-state index contributed by atoms with van der Waals surface area (Å²) >= 11 is 6.00. The lowest BCUT2D eigenvalue weighted by atomic mass is 10.1. The van der Waals surface area contributed by atoms with Crippen LogP contribution in [0.2, 0.25) is 5.02 Å². The molecule has 9 heteroatoms. The van der Waals surface area contributed by atoms with Crippen molar-refractivity contribution in [2.75, 3.05) is 31.2 Å². The highest BCUT2D eigenvalue weighted by atomic mass is 35.5. The quantitative estimate of drug-likeness (QED) is 0.635. The first-order valence-electron chi connectivity index (χ1n) is 8.05. The molecule has 1 fully saturated rings. The number of morpholine rings is 1. The number of amides is 1. The number of pyridine rings is 1. The van der Waals surface area contributed by atoms with Gasteiger partial charge in [0.1, 0.15) is 5.82 Å². The van der Waals surface area contributed by atoms with E-state index in [4.69, 9.17) is 16.3 Å². The summed E-state index contributed by atoms with van der Waals surface area (Å²) in [6.45, 7) is 3.03. The maximum absolute atomic E-state index is 12.4. The van der Waals surface area contributed by atoms with Crippen LogP contribution in [0, 0.1) is 10.1 Å². The molecule has 1 saturated heterocycles. The largest absolute Gasteiger partial charge is 0.378 e. The predicted molar refractivity (Wildman–Crippen MR) is 96.5 cm³/mol. The first-order chi connectivity index (χ1) is 12.6. The SMILES string of the molecule is O=C(NCc1cccnc1N1CCOCC1)c1ccc([N+](=O)[O-])cc1Cl. The molecule has 1 aromatic heterocycles. The van der Waals surface area contributed by atoms with Gasteiger partial charge in [-0.05, 0) is 12.1 Å². The molecule has 0 aliphatic carbocycles. The average molecular weight is 377 g/mol. The Labute approximate surface area is 154 Å². The number of anilines is 1. The third-order valence-electron chi connectivity index (χ3n) is 4.03. The molecule has 2 heterocycles. The monoisotopic (exact) mass is 376 g/mol. The van der Waals surface area contributed by atoms with Gasteiger partial charge in [0.15, 0.2) is 0 Å². The minimum Gasteiger partial charge on any atom is -0.378 e. The van der Waals surface area contributed by atoms with Crippen LogP contribution in [0.4, 0.5) is 11.5 Å². The van der Waals surface area contributed by atoms with Crippen LogP contribution in [0.25, 0.3) is 0 Å². The molecule has 0 saturated carbocycles. The second-order valence-electron chi connectivity index (χ2n) is 5.69. The van der Waals surface area contributed by atoms with E-state index in [1.165, 1.54) is 18.2 Å². The highest BCUT2D eigenvalue weighted by Gasteiger charge is 2.18. The Balaban J connectivity index is 1.71. The van der Waals surface area contributed by atoms with Crippen molar-refractivity contribution >= 4 is 29.0 Å². The number of nitro benzene ring substituents is 1. The van der Waals surface area contributed by atoms with E-state index in [9.17, 15) is 14.9 Å². The number of hydrogen-bond donors (Lipinski definition) is 1. The third-order valence-corrected chi connectivity index (χ3v) is 4.34. The Morgan fingerprint density at radius 1 is 1.35 bits per heavy atom. The predicted octanol–water partition coefficient (Wildman–Crippen LogP) is 2.41. The topological polar surface area (TPSA) is 97.6 Å². The van der Waals surface area contributed by atoms with Crippen molar-refractivity contribution in [3.05, 3.63) is 62.8 Å². The summed E-state index contributed by atoms with van der Waals surface area (Å²) in [5.74, 6) is 0.410. The summed E-state index contributed by atoms with van der Waals surface area (Å²) in [6, 6.07) is 7.48. The number of carbonyl (C=O) groups excluding carboxylic acids is 1. The number of hydrogen-bond acceptors (Lipinski definition) is 6. The number of aromatic nitrogens is 1. The lowest BCUT2D eigenvalue weighted by Gasteiger charge is -2.29. The first-order valence-corrected chi connectivity index (χ1v) is 8.43. The Kier molecular flexibility index (Phi) is 5.65. The lowest BCUT2D eigenvalue weighted by Crippen LogP contribution is -2.37. The number of rotatable bonds is 5. The van der Waals surface area contributed by atoms with Crippen LogP contribution in [0.5, 0.6) is 0 Å². The van der Waals surface area contributed by atoms with Gasteiger partial charge < -0.3 is 15.0 Å². The summed E-state index contributed by atoms with van der Waals surface area (Å²) < 4.78 is 5.35. The van der Waals surface area contributed by atoms with Crippen LogP contribution in [0.15, 0.2) is 36.5 Å². The van der Waals surface area contributed by atoms with Gasteiger partial charge in [0, 0.05) is 43.5 Å². The van der Waals surface area contributed by atoms with Crippen molar-refractivity contribution in [3.8, 4) is 0 Å². The van der Waals surface area contributed by atoms with Crippen LogP contribution in [-0.4, -0.2) is 42.1 Å². The minimum absolute atomic E-state index is 0.0382. The van der Waals surface area contributed by atoms with Crippen molar-refractivity contribution in [1.82, 2.24) is 10.3 Å². The van der Waals surface area contributed by atoms with E-state index in [0.29, 0.717) is 13.2 Å². The first kappa shape index (κ1) is 18.1. The zero-order valence-electron chi connectivity index (χ0n) is 13.9. The fraction of sp³-hybridized carbons (Fsp3) is 0.294. The summed E-state index contributed by atoms with van der Waals surface area (Å²) in [6.07, 6.45) is 1.71. The molecular formula is C17H17ClN4O4. The van der Waals surface area contributed by atoms with Crippen molar-refractivity contribution in [3.63, 3.8) is 0 Å². The zero-order valence-corrected chi connectivity index (χ0v) is 14.6. The van der Waals surface area contributed by atoms with Gasteiger partial charge in [-0.1, -0.05) is 17.7 Å². The van der Waals surface area contributed by atoms with Crippen molar-refractivity contribution in [2.24, 2.45) is 0 Å². The molecular weight excluding hydrogens is 360 g/mol. The van der Waals surface area contributed by atoms with E-state index in [1.807, 2.05) is 12.1 Å². The number of nitro groups is 1. The normalized spacial score (nSPS) is 14.1. The van der Waals surface area contributed by atoms with Gasteiger partial charge in [-0.3, -0.25) is 14.9 Å². The molecule has 1 amide bonds. The molecule has 0 bridgehead atoms. The van der Waals surface area contributed by atoms with Gasteiger partial charge in [-0.25, -0.2) is 4.98 Å². The Bertz CT molecular complexity index is 824.